The van der Waals surface area contributed by atoms with E-state index in [0.29, 0.717) is 6.04 Å². The Balaban J connectivity index is 1.43. The maximum Gasteiger partial charge on any atom is 0.286 e. The highest BCUT2D eigenvalue weighted by Crippen LogP contribution is 2.24. The molecule has 3 aromatic rings. The van der Waals surface area contributed by atoms with Crippen molar-refractivity contribution in [2.75, 3.05) is 18.0 Å². The summed E-state index contributed by atoms with van der Waals surface area (Å²) in [4.78, 5) is 26.9. The molecule has 1 aromatic carbocycles. The Kier molecular flexibility index (Phi) is 5.15. The molecule has 1 saturated heterocycles. The zero-order valence-electron chi connectivity index (χ0n) is 17.1. The van der Waals surface area contributed by atoms with E-state index in [1.165, 1.54) is 5.56 Å². The molecule has 3 heterocycles. The second-order valence-corrected chi connectivity index (χ2v) is 7.74. The first kappa shape index (κ1) is 19.3. The molecule has 1 fully saturated rings. The van der Waals surface area contributed by atoms with E-state index < -0.39 is 5.91 Å². The number of aryl methyl sites for hydroxylation is 2. The summed E-state index contributed by atoms with van der Waals surface area (Å²) >= 11 is 0. The molecule has 0 spiro atoms. The molecule has 3 N–H and O–H groups in total. The van der Waals surface area contributed by atoms with Gasteiger partial charge in [-0.3, -0.25) is 9.78 Å². The van der Waals surface area contributed by atoms with Gasteiger partial charge in [-0.2, -0.15) is 0 Å². The Bertz CT molecular complexity index is 1080. The van der Waals surface area contributed by atoms with Crippen LogP contribution in [0.4, 0.5) is 5.82 Å². The van der Waals surface area contributed by atoms with Gasteiger partial charge < -0.3 is 16.0 Å². The topological polar surface area (TPSA) is 97.0 Å². The van der Waals surface area contributed by atoms with Gasteiger partial charge >= 0.3 is 0 Å². The number of benzene rings is 1. The first-order valence-electron chi connectivity index (χ1n) is 9.90. The monoisotopic (exact) mass is 390 g/mol. The third kappa shape index (κ3) is 4.05. The molecule has 0 saturated carbocycles. The Morgan fingerprint density at radius 3 is 2.79 bits per heavy atom. The maximum atomic E-state index is 11.5. The van der Waals surface area contributed by atoms with E-state index in [1.807, 2.05) is 26.8 Å². The molecule has 4 rings (SSSR count). The molecule has 2 aromatic heterocycles. The van der Waals surface area contributed by atoms with Gasteiger partial charge in [-0.15, -0.1) is 0 Å². The van der Waals surface area contributed by atoms with Crippen molar-refractivity contribution in [1.29, 1.82) is 0 Å². The van der Waals surface area contributed by atoms with E-state index in [1.54, 1.807) is 0 Å². The number of rotatable bonds is 5. The minimum atomic E-state index is -0.593. The Morgan fingerprint density at radius 2 is 2.00 bits per heavy atom. The van der Waals surface area contributed by atoms with Crippen molar-refractivity contribution in [3.05, 3.63) is 58.7 Å². The van der Waals surface area contributed by atoms with Gasteiger partial charge in [0.1, 0.15) is 5.82 Å². The van der Waals surface area contributed by atoms with Crippen LogP contribution in [0.1, 0.15) is 39.6 Å². The number of carbonyl (C=O) groups is 1. The zero-order chi connectivity index (χ0) is 20.5. The molecule has 0 unspecified atom stereocenters. The summed E-state index contributed by atoms with van der Waals surface area (Å²) in [6.45, 7) is 8.40. The van der Waals surface area contributed by atoms with Crippen LogP contribution in [0.25, 0.3) is 10.9 Å². The lowest BCUT2D eigenvalue weighted by atomic mass is 10.1. The quantitative estimate of drug-likeness (QED) is 0.694. The SMILES string of the molecule is Cc1ccc2cc(CN[C@@H]3CCN(c4nc(C(N)=O)nc(C)c4C)C3)ccc2n1. The Morgan fingerprint density at radius 1 is 1.17 bits per heavy atom. The fourth-order valence-corrected chi connectivity index (χ4v) is 3.80. The summed E-state index contributed by atoms with van der Waals surface area (Å²) in [7, 11) is 0. The largest absolute Gasteiger partial charge is 0.363 e. The minimum Gasteiger partial charge on any atom is -0.363 e. The van der Waals surface area contributed by atoms with Crippen molar-refractivity contribution in [1.82, 2.24) is 20.3 Å². The summed E-state index contributed by atoms with van der Waals surface area (Å²) in [5.74, 6) is 0.298. The molecule has 150 valence electrons. The number of amides is 1. The van der Waals surface area contributed by atoms with Crippen molar-refractivity contribution >= 4 is 22.6 Å². The second kappa shape index (κ2) is 7.75. The van der Waals surface area contributed by atoms with Crippen LogP contribution in [-0.2, 0) is 6.54 Å². The third-order valence-corrected chi connectivity index (χ3v) is 5.56. The summed E-state index contributed by atoms with van der Waals surface area (Å²) in [6, 6.07) is 10.9. The Hall–Kier alpha value is -3.06. The molecule has 1 aliphatic heterocycles. The molecule has 0 aliphatic carbocycles. The van der Waals surface area contributed by atoms with Gasteiger partial charge in [0.25, 0.3) is 5.91 Å². The first-order valence-corrected chi connectivity index (χ1v) is 9.90. The zero-order valence-corrected chi connectivity index (χ0v) is 17.1. The lowest BCUT2D eigenvalue weighted by molar-refractivity contribution is 0.0990. The maximum absolute atomic E-state index is 11.5. The number of nitrogens with two attached hydrogens (primary N) is 1. The van der Waals surface area contributed by atoms with E-state index in [9.17, 15) is 4.79 Å². The number of carbonyl (C=O) groups excluding carboxylic acids is 1. The van der Waals surface area contributed by atoms with Gasteiger partial charge in [0, 0.05) is 48.0 Å². The fourth-order valence-electron chi connectivity index (χ4n) is 3.80. The number of aromatic nitrogens is 3. The molecule has 1 atom stereocenters. The normalized spacial score (nSPS) is 16.5. The number of fused-ring (bicyclic) bond motifs is 1. The van der Waals surface area contributed by atoms with Crippen LogP contribution in [-0.4, -0.2) is 40.0 Å². The average molecular weight is 390 g/mol. The highest BCUT2D eigenvalue weighted by Gasteiger charge is 2.26. The van der Waals surface area contributed by atoms with Gasteiger partial charge in [-0.05, 0) is 51.0 Å². The van der Waals surface area contributed by atoms with Gasteiger partial charge in [0.2, 0.25) is 5.82 Å². The van der Waals surface area contributed by atoms with Crippen LogP contribution in [0.15, 0.2) is 30.3 Å². The predicted octanol–water partition coefficient (Wildman–Crippen LogP) is 2.42. The van der Waals surface area contributed by atoms with E-state index >= 15 is 0 Å². The average Bonchev–Trinajstić information content (AvgIpc) is 3.17. The van der Waals surface area contributed by atoms with Crippen molar-refractivity contribution in [2.24, 2.45) is 5.73 Å². The first-order chi connectivity index (χ1) is 13.9. The van der Waals surface area contributed by atoms with Gasteiger partial charge in [-0.1, -0.05) is 12.1 Å². The number of primary amides is 1. The van der Waals surface area contributed by atoms with Crippen LogP contribution >= 0.6 is 0 Å². The summed E-state index contributed by atoms with van der Waals surface area (Å²) < 4.78 is 0. The second-order valence-electron chi connectivity index (χ2n) is 7.74. The van der Waals surface area contributed by atoms with Crippen LogP contribution in [0.2, 0.25) is 0 Å². The van der Waals surface area contributed by atoms with Crippen molar-refractivity contribution in [3.63, 3.8) is 0 Å². The summed E-state index contributed by atoms with van der Waals surface area (Å²) in [6.07, 6.45) is 1.02. The van der Waals surface area contributed by atoms with Gasteiger partial charge in [0.15, 0.2) is 0 Å². The van der Waals surface area contributed by atoms with Gasteiger partial charge in [-0.25, -0.2) is 9.97 Å². The summed E-state index contributed by atoms with van der Waals surface area (Å²) in [5, 5.41) is 4.81. The predicted molar refractivity (Wildman–Crippen MR) is 114 cm³/mol. The smallest absolute Gasteiger partial charge is 0.286 e. The number of nitrogens with zero attached hydrogens (tertiary/aromatic N) is 4. The molecule has 0 bridgehead atoms. The van der Waals surface area contributed by atoms with E-state index in [0.717, 1.165) is 59.7 Å². The van der Waals surface area contributed by atoms with E-state index in [2.05, 4.69) is 49.4 Å². The highest BCUT2D eigenvalue weighted by molar-refractivity contribution is 5.89. The van der Waals surface area contributed by atoms with Crippen molar-refractivity contribution in [2.45, 2.75) is 39.8 Å². The van der Waals surface area contributed by atoms with Crippen LogP contribution in [0.3, 0.4) is 0 Å². The van der Waals surface area contributed by atoms with E-state index in [-0.39, 0.29) is 5.82 Å². The molecular formula is C22H26N6O. The fraction of sp³-hybridized carbons (Fsp3) is 0.364. The van der Waals surface area contributed by atoms with Crippen molar-refractivity contribution < 1.29 is 4.79 Å². The Labute approximate surface area is 170 Å². The molecule has 0 radical (unpaired) electrons. The molecule has 29 heavy (non-hydrogen) atoms. The van der Waals surface area contributed by atoms with Crippen molar-refractivity contribution in [3.8, 4) is 0 Å². The number of hydrogen-bond donors (Lipinski definition) is 2. The molecule has 7 nitrogen and oxygen atoms in total. The van der Waals surface area contributed by atoms with E-state index in [4.69, 9.17) is 5.73 Å². The number of anilines is 1. The molecule has 7 heteroatoms. The lowest BCUT2D eigenvalue weighted by Crippen LogP contribution is -2.33. The van der Waals surface area contributed by atoms with Crippen LogP contribution in [0.5, 0.6) is 0 Å². The van der Waals surface area contributed by atoms with Gasteiger partial charge in [0.05, 0.1) is 5.52 Å². The lowest BCUT2D eigenvalue weighted by Gasteiger charge is -2.21. The number of hydrogen-bond acceptors (Lipinski definition) is 6. The highest BCUT2D eigenvalue weighted by atomic mass is 16.1. The number of pyridine rings is 1. The van der Waals surface area contributed by atoms with Crippen LogP contribution < -0.4 is 16.0 Å². The summed E-state index contributed by atoms with van der Waals surface area (Å²) in [5.41, 5.74) is 10.5. The number of nitrogens with one attached hydrogen (secondary N) is 1. The molecule has 1 aliphatic rings. The third-order valence-electron chi connectivity index (χ3n) is 5.56. The molecular weight excluding hydrogens is 364 g/mol. The minimum absolute atomic E-state index is 0.0829. The molecule has 1 amide bonds. The van der Waals surface area contributed by atoms with Crippen LogP contribution in [0, 0.1) is 20.8 Å². The standard InChI is InChI=1S/C22H26N6O/c1-13-4-6-17-10-16(5-7-19(17)25-13)11-24-18-8-9-28(12-18)22-14(2)15(3)26-21(27-22)20(23)29/h4-7,10,18,24H,8-9,11-12H2,1-3H3,(H2,23,29)/t18-/m1/s1.